The fraction of sp³-hybridized carbons (Fsp3) is 0.259. The first-order chi connectivity index (χ1) is 17.1. The fourth-order valence-electron chi connectivity index (χ4n) is 4.31. The Morgan fingerprint density at radius 1 is 1.17 bits per heavy atom. The molecule has 0 saturated carbocycles. The number of amides is 1. The maximum absolute atomic E-state index is 13.1. The van der Waals surface area contributed by atoms with E-state index in [1.807, 2.05) is 24.3 Å². The molecule has 0 fully saturated rings. The molecule has 2 aromatic heterocycles. The molecule has 35 heavy (non-hydrogen) atoms. The number of para-hydroxylation sites is 2. The highest BCUT2D eigenvalue weighted by Gasteiger charge is 2.28. The zero-order valence-corrected chi connectivity index (χ0v) is 20.0. The monoisotopic (exact) mass is 485 g/mol. The van der Waals surface area contributed by atoms with Gasteiger partial charge < -0.3 is 14.5 Å². The number of carbonyl (C=O) groups excluding carboxylic acids is 2. The van der Waals surface area contributed by atoms with E-state index in [1.165, 1.54) is 11.3 Å². The van der Waals surface area contributed by atoms with Gasteiger partial charge in [-0.2, -0.15) is 5.26 Å². The van der Waals surface area contributed by atoms with Gasteiger partial charge in [0.1, 0.15) is 16.6 Å². The molecule has 0 spiro atoms. The molecule has 1 aliphatic rings. The number of nitrogens with one attached hydrogen (secondary N) is 1. The number of nitrogens with zero attached hydrogens (tertiary/aromatic N) is 2. The lowest BCUT2D eigenvalue weighted by Gasteiger charge is -2.16. The Labute approximate surface area is 206 Å². The van der Waals surface area contributed by atoms with E-state index >= 15 is 0 Å². The number of oxazole rings is 1. The normalized spacial score (nSPS) is 13.6. The lowest BCUT2D eigenvalue weighted by molar-refractivity contribution is -0.124. The summed E-state index contributed by atoms with van der Waals surface area (Å²) in [6.45, 7) is 1.77. The van der Waals surface area contributed by atoms with Crippen LogP contribution in [0.1, 0.15) is 52.5 Å². The van der Waals surface area contributed by atoms with Crippen molar-refractivity contribution in [3.63, 3.8) is 0 Å². The van der Waals surface area contributed by atoms with Crippen LogP contribution in [0.4, 0.5) is 5.00 Å². The average Bonchev–Trinajstić information content (AvgIpc) is 3.47. The molecule has 0 radical (unpaired) electrons. The van der Waals surface area contributed by atoms with Gasteiger partial charge in [-0.15, -0.1) is 11.3 Å². The summed E-state index contributed by atoms with van der Waals surface area (Å²) in [7, 11) is 0. The summed E-state index contributed by atoms with van der Waals surface area (Å²) >= 11 is 1.44. The van der Waals surface area contributed by atoms with Crippen molar-refractivity contribution in [2.45, 2.75) is 45.1 Å². The predicted molar refractivity (Wildman–Crippen MR) is 133 cm³/mol. The van der Waals surface area contributed by atoms with Crippen LogP contribution < -0.4 is 5.32 Å². The van der Waals surface area contributed by atoms with E-state index < -0.39 is 18.0 Å². The molecule has 4 aromatic rings. The van der Waals surface area contributed by atoms with E-state index in [-0.39, 0.29) is 12.0 Å². The molecule has 7 nitrogen and oxygen atoms in total. The number of carbonyl (C=O) groups is 2. The van der Waals surface area contributed by atoms with Crippen LogP contribution in [-0.4, -0.2) is 23.0 Å². The molecule has 0 saturated heterocycles. The number of hydrogen-bond acceptors (Lipinski definition) is 7. The van der Waals surface area contributed by atoms with E-state index in [9.17, 15) is 14.9 Å². The molecular formula is C27H23N3O4S. The molecule has 0 aliphatic heterocycles. The molecule has 176 valence electrons. The lowest BCUT2D eigenvalue weighted by Crippen LogP contribution is -2.32. The Morgan fingerprint density at radius 2 is 1.94 bits per heavy atom. The number of nitriles is 1. The summed E-state index contributed by atoms with van der Waals surface area (Å²) in [4.78, 5) is 31.8. The molecule has 1 atom stereocenters. The van der Waals surface area contributed by atoms with Gasteiger partial charge >= 0.3 is 5.97 Å². The number of aryl methyl sites for hydroxylation is 1. The molecule has 1 N–H and O–H groups in total. The summed E-state index contributed by atoms with van der Waals surface area (Å²) in [5.41, 5.74) is 3.61. The minimum atomic E-state index is -1.01. The summed E-state index contributed by atoms with van der Waals surface area (Å²) in [5, 5.41) is 13.0. The van der Waals surface area contributed by atoms with E-state index in [0.717, 1.165) is 36.1 Å². The van der Waals surface area contributed by atoms with Crippen LogP contribution >= 0.6 is 11.3 Å². The highest BCUT2D eigenvalue weighted by atomic mass is 32.1. The quantitative estimate of drug-likeness (QED) is 0.342. The number of anilines is 1. The summed E-state index contributed by atoms with van der Waals surface area (Å²) in [6, 6.07) is 16.5. The topological polar surface area (TPSA) is 105 Å². The molecule has 2 aromatic carbocycles. The van der Waals surface area contributed by atoms with Gasteiger partial charge in [-0.3, -0.25) is 4.79 Å². The Morgan fingerprint density at radius 3 is 2.74 bits per heavy atom. The van der Waals surface area contributed by atoms with Crippen molar-refractivity contribution >= 4 is 39.3 Å². The van der Waals surface area contributed by atoms with Crippen molar-refractivity contribution in [2.75, 3.05) is 5.32 Å². The third-order valence-electron chi connectivity index (χ3n) is 6.10. The zero-order chi connectivity index (χ0) is 24.4. The molecule has 1 unspecified atom stereocenters. The predicted octanol–water partition coefficient (Wildman–Crippen LogP) is 5.88. The second kappa shape index (κ2) is 9.72. The number of benzene rings is 2. The van der Waals surface area contributed by atoms with E-state index in [0.29, 0.717) is 33.1 Å². The van der Waals surface area contributed by atoms with Crippen molar-refractivity contribution in [1.29, 1.82) is 5.26 Å². The van der Waals surface area contributed by atoms with Crippen LogP contribution in [0.15, 0.2) is 52.9 Å². The molecule has 1 amide bonds. The van der Waals surface area contributed by atoms with Gasteiger partial charge in [0.2, 0.25) is 5.89 Å². The number of fused-ring (bicyclic) bond motifs is 2. The average molecular weight is 486 g/mol. The molecule has 1 aliphatic carbocycles. The van der Waals surface area contributed by atoms with E-state index in [4.69, 9.17) is 9.15 Å². The van der Waals surface area contributed by atoms with Crippen LogP contribution in [0.3, 0.4) is 0 Å². The number of esters is 1. The van der Waals surface area contributed by atoms with E-state index in [2.05, 4.69) is 16.4 Å². The Kier molecular flexibility index (Phi) is 6.34. The van der Waals surface area contributed by atoms with Gasteiger partial charge in [0.15, 0.2) is 11.7 Å². The SMILES string of the molecule is CCC(OC(=O)c1ccccc1-c1nc2ccccc2o1)C(=O)Nc1sc2c(c1C#N)CCCC2. The van der Waals surface area contributed by atoms with Gasteiger partial charge in [0.25, 0.3) is 5.91 Å². The molecule has 0 bridgehead atoms. The first-order valence-corrected chi connectivity index (χ1v) is 12.4. The van der Waals surface area contributed by atoms with Crippen LogP contribution in [-0.2, 0) is 22.4 Å². The van der Waals surface area contributed by atoms with Gasteiger partial charge in [-0.25, -0.2) is 9.78 Å². The van der Waals surface area contributed by atoms with Crippen molar-refractivity contribution in [1.82, 2.24) is 4.98 Å². The van der Waals surface area contributed by atoms with E-state index in [1.54, 1.807) is 31.2 Å². The Hall–Kier alpha value is -3.96. The van der Waals surface area contributed by atoms with Crippen molar-refractivity contribution < 1.29 is 18.7 Å². The molecular weight excluding hydrogens is 462 g/mol. The highest BCUT2D eigenvalue weighted by molar-refractivity contribution is 7.16. The minimum Gasteiger partial charge on any atom is -0.449 e. The lowest BCUT2D eigenvalue weighted by atomic mass is 9.96. The van der Waals surface area contributed by atoms with Crippen LogP contribution in [0.5, 0.6) is 0 Å². The molecule has 5 rings (SSSR count). The summed E-state index contributed by atoms with van der Waals surface area (Å²) < 4.78 is 11.5. The third-order valence-corrected chi connectivity index (χ3v) is 7.31. The van der Waals surface area contributed by atoms with Crippen molar-refractivity contribution in [3.8, 4) is 17.5 Å². The number of aromatic nitrogens is 1. The van der Waals surface area contributed by atoms with Gasteiger partial charge in [-0.05, 0) is 61.9 Å². The summed E-state index contributed by atoms with van der Waals surface area (Å²) in [6.07, 6.45) is 3.17. The van der Waals surface area contributed by atoms with Gasteiger partial charge in [-0.1, -0.05) is 31.2 Å². The maximum Gasteiger partial charge on any atom is 0.339 e. The Bertz CT molecular complexity index is 1430. The maximum atomic E-state index is 13.1. The second-order valence-corrected chi connectivity index (χ2v) is 9.46. The smallest absolute Gasteiger partial charge is 0.339 e. The standard InChI is InChI=1S/C27H23N3O4S/c1-2-21(24(31)30-26-19(15-28)16-9-5-8-14-23(16)35-26)34-27(32)18-11-4-3-10-17(18)25-29-20-12-6-7-13-22(20)33-25/h3-4,6-7,10-13,21H,2,5,8-9,14H2,1H3,(H,30,31). The zero-order valence-electron chi connectivity index (χ0n) is 19.2. The van der Waals surface area contributed by atoms with Crippen LogP contribution in [0.25, 0.3) is 22.6 Å². The molecule has 2 heterocycles. The van der Waals surface area contributed by atoms with Gasteiger partial charge in [0.05, 0.1) is 16.7 Å². The highest BCUT2D eigenvalue weighted by Crippen LogP contribution is 2.38. The van der Waals surface area contributed by atoms with Gasteiger partial charge in [0, 0.05) is 4.88 Å². The first-order valence-electron chi connectivity index (χ1n) is 11.6. The third kappa shape index (κ3) is 4.43. The number of thiophene rings is 1. The summed E-state index contributed by atoms with van der Waals surface area (Å²) in [5.74, 6) is -0.787. The minimum absolute atomic E-state index is 0.259. The second-order valence-electron chi connectivity index (χ2n) is 8.35. The number of rotatable bonds is 6. The van der Waals surface area contributed by atoms with Crippen molar-refractivity contribution in [2.24, 2.45) is 0 Å². The number of hydrogen-bond donors (Lipinski definition) is 1. The number of ether oxygens (including phenoxy) is 1. The molecule has 8 heteroatoms. The van der Waals surface area contributed by atoms with Crippen LogP contribution in [0.2, 0.25) is 0 Å². The van der Waals surface area contributed by atoms with Crippen LogP contribution in [0, 0.1) is 11.3 Å². The van der Waals surface area contributed by atoms with Crippen molar-refractivity contribution in [3.05, 3.63) is 70.1 Å². The fourth-order valence-corrected chi connectivity index (χ4v) is 5.56. The Balaban J connectivity index is 1.36. The largest absolute Gasteiger partial charge is 0.449 e. The first kappa shape index (κ1) is 22.8.